The highest BCUT2D eigenvalue weighted by Crippen LogP contribution is 2.22. The van der Waals surface area contributed by atoms with Gasteiger partial charge in [-0.25, -0.2) is 4.68 Å². The average Bonchev–Trinajstić information content (AvgIpc) is 3.06. The highest BCUT2D eigenvalue weighted by Gasteiger charge is 2.26. The first-order valence-corrected chi connectivity index (χ1v) is 8.51. The fourth-order valence-electron chi connectivity index (χ4n) is 3.43. The predicted molar refractivity (Wildman–Crippen MR) is 97.2 cm³/mol. The summed E-state index contributed by atoms with van der Waals surface area (Å²) in [5.74, 6) is 0.191. The second kappa shape index (κ2) is 7.99. The molecule has 1 aromatic heterocycles. The smallest absolute Gasteiger partial charge is 0.224 e. The molecule has 2 aromatic rings. The molecule has 1 unspecified atom stereocenters. The SMILES string of the molecule is Cl.O=C(CC1COCCN1)N1CCc2c(cnn2-c2ccccc2)C1. The molecule has 2 aliphatic heterocycles. The summed E-state index contributed by atoms with van der Waals surface area (Å²) in [6, 6.07) is 10.3. The quantitative estimate of drug-likeness (QED) is 0.900. The average molecular weight is 363 g/mol. The Balaban J connectivity index is 0.00000182. The molecule has 0 aliphatic carbocycles. The first-order valence-electron chi connectivity index (χ1n) is 8.51. The van der Waals surface area contributed by atoms with Crippen molar-refractivity contribution < 1.29 is 9.53 Å². The van der Waals surface area contributed by atoms with E-state index in [1.165, 1.54) is 5.69 Å². The summed E-state index contributed by atoms with van der Waals surface area (Å²) in [6.45, 7) is 3.58. The lowest BCUT2D eigenvalue weighted by Gasteiger charge is -2.30. The molecule has 0 radical (unpaired) electrons. The number of morpholine rings is 1. The zero-order valence-corrected chi connectivity index (χ0v) is 14.9. The van der Waals surface area contributed by atoms with E-state index in [2.05, 4.69) is 22.5 Å². The zero-order chi connectivity index (χ0) is 16.4. The van der Waals surface area contributed by atoms with Gasteiger partial charge in [-0.3, -0.25) is 4.79 Å². The van der Waals surface area contributed by atoms with E-state index in [-0.39, 0.29) is 24.4 Å². The molecule has 7 heteroatoms. The lowest BCUT2D eigenvalue weighted by molar-refractivity contribution is -0.133. The second-order valence-corrected chi connectivity index (χ2v) is 6.36. The number of ether oxygens (including phenoxy) is 1. The Hall–Kier alpha value is -1.89. The zero-order valence-electron chi connectivity index (χ0n) is 14.1. The number of carbonyl (C=O) groups is 1. The standard InChI is InChI=1S/C18H22N4O2.ClH/c23-18(10-15-13-24-9-7-19-15)21-8-6-17-14(12-21)11-20-22(17)16-4-2-1-3-5-16;/h1-5,11,15,19H,6-10,12-13H2;1H. The molecule has 1 amide bonds. The first-order chi connectivity index (χ1) is 11.8. The monoisotopic (exact) mass is 362 g/mol. The van der Waals surface area contributed by atoms with Gasteiger partial charge in [-0.2, -0.15) is 5.10 Å². The third-order valence-corrected chi connectivity index (χ3v) is 4.71. The third kappa shape index (κ3) is 3.86. The molecule has 134 valence electrons. The molecule has 6 nitrogen and oxygen atoms in total. The highest BCUT2D eigenvalue weighted by molar-refractivity contribution is 5.85. The van der Waals surface area contributed by atoms with Crippen molar-refractivity contribution in [3.63, 3.8) is 0 Å². The van der Waals surface area contributed by atoms with Crippen molar-refractivity contribution in [1.82, 2.24) is 20.0 Å². The van der Waals surface area contributed by atoms with Crippen LogP contribution in [-0.4, -0.2) is 52.9 Å². The molecular weight excluding hydrogens is 340 g/mol. The molecular formula is C18H23ClN4O2. The Morgan fingerprint density at radius 2 is 2.16 bits per heavy atom. The number of halogens is 1. The van der Waals surface area contributed by atoms with E-state index in [9.17, 15) is 4.79 Å². The van der Waals surface area contributed by atoms with Gasteiger partial charge >= 0.3 is 0 Å². The van der Waals surface area contributed by atoms with Crippen LogP contribution in [0.1, 0.15) is 17.7 Å². The maximum atomic E-state index is 12.6. The van der Waals surface area contributed by atoms with Crippen molar-refractivity contribution in [2.24, 2.45) is 0 Å². The summed E-state index contributed by atoms with van der Waals surface area (Å²) >= 11 is 0. The summed E-state index contributed by atoms with van der Waals surface area (Å²) in [5.41, 5.74) is 3.43. The van der Waals surface area contributed by atoms with E-state index in [1.807, 2.05) is 34.0 Å². The maximum absolute atomic E-state index is 12.6. The van der Waals surface area contributed by atoms with Crippen molar-refractivity contribution in [3.8, 4) is 5.69 Å². The van der Waals surface area contributed by atoms with Crippen LogP contribution < -0.4 is 5.32 Å². The van der Waals surface area contributed by atoms with Crippen LogP contribution in [-0.2, 0) is 22.5 Å². The Bertz CT molecular complexity index is 713. The minimum atomic E-state index is 0. The van der Waals surface area contributed by atoms with Gasteiger partial charge in [-0.1, -0.05) is 18.2 Å². The highest BCUT2D eigenvalue weighted by atomic mass is 35.5. The van der Waals surface area contributed by atoms with Crippen LogP contribution in [0.4, 0.5) is 0 Å². The van der Waals surface area contributed by atoms with E-state index < -0.39 is 0 Å². The molecule has 0 bridgehead atoms. The van der Waals surface area contributed by atoms with Gasteiger partial charge in [-0.15, -0.1) is 12.4 Å². The van der Waals surface area contributed by atoms with Crippen LogP contribution in [0, 0.1) is 0 Å². The molecule has 1 saturated heterocycles. The lowest BCUT2D eigenvalue weighted by atomic mass is 10.1. The first kappa shape index (κ1) is 17.9. The number of hydrogen-bond acceptors (Lipinski definition) is 4. The van der Waals surface area contributed by atoms with E-state index in [4.69, 9.17) is 4.74 Å². The third-order valence-electron chi connectivity index (χ3n) is 4.71. The van der Waals surface area contributed by atoms with Crippen LogP contribution in [0.25, 0.3) is 5.69 Å². The Morgan fingerprint density at radius 3 is 2.92 bits per heavy atom. The summed E-state index contributed by atoms with van der Waals surface area (Å²) in [5, 5.41) is 7.87. The van der Waals surface area contributed by atoms with Gasteiger partial charge in [0.25, 0.3) is 0 Å². The molecule has 3 heterocycles. The lowest BCUT2D eigenvalue weighted by Crippen LogP contribution is -2.46. The molecule has 1 fully saturated rings. The van der Waals surface area contributed by atoms with Crippen LogP contribution in [0.5, 0.6) is 0 Å². The number of fused-ring (bicyclic) bond motifs is 1. The number of carbonyl (C=O) groups excluding carboxylic acids is 1. The van der Waals surface area contributed by atoms with E-state index in [0.29, 0.717) is 19.6 Å². The normalized spacial score (nSPS) is 19.8. The summed E-state index contributed by atoms with van der Waals surface area (Å²) in [6.07, 6.45) is 3.23. The van der Waals surface area contributed by atoms with Gasteiger partial charge < -0.3 is 15.0 Å². The van der Waals surface area contributed by atoms with Crippen molar-refractivity contribution in [2.45, 2.75) is 25.4 Å². The van der Waals surface area contributed by atoms with E-state index >= 15 is 0 Å². The Kier molecular flexibility index (Phi) is 5.73. The van der Waals surface area contributed by atoms with Crippen LogP contribution in [0.2, 0.25) is 0 Å². The Labute approximate surface area is 153 Å². The van der Waals surface area contributed by atoms with Gasteiger partial charge in [-0.05, 0) is 12.1 Å². The van der Waals surface area contributed by atoms with Gasteiger partial charge in [0.15, 0.2) is 0 Å². The summed E-state index contributed by atoms with van der Waals surface area (Å²) in [4.78, 5) is 14.5. The summed E-state index contributed by atoms with van der Waals surface area (Å²) in [7, 11) is 0. The molecule has 1 N–H and O–H groups in total. The fraction of sp³-hybridized carbons (Fsp3) is 0.444. The predicted octanol–water partition coefficient (Wildman–Crippen LogP) is 1.56. The van der Waals surface area contributed by atoms with Crippen LogP contribution in [0.15, 0.2) is 36.5 Å². The van der Waals surface area contributed by atoms with Gasteiger partial charge in [0.05, 0.1) is 30.8 Å². The number of benzene rings is 1. The molecule has 0 spiro atoms. The molecule has 25 heavy (non-hydrogen) atoms. The summed E-state index contributed by atoms with van der Waals surface area (Å²) < 4.78 is 7.43. The number of hydrogen-bond donors (Lipinski definition) is 1. The second-order valence-electron chi connectivity index (χ2n) is 6.36. The largest absolute Gasteiger partial charge is 0.378 e. The van der Waals surface area contributed by atoms with E-state index in [0.717, 1.165) is 37.4 Å². The van der Waals surface area contributed by atoms with Crippen LogP contribution >= 0.6 is 12.4 Å². The molecule has 4 rings (SSSR count). The van der Waals surface area contributed by atoms with Gasteiger partial charge in [0, 0.05) is 44.1 Å². The Morgan fingerprint density at radius 1 is 1.32 bits per heavy atom. The number of rotatable bonds is 3. The number of aromatic nitrogens is 2. The number of nitrogens with one attached hydrogen (secondary N) is 1. The minimum absolute atomic E-state index is 0. The molecule has 1 atom stereocenters. The van der Waals surface area contributed by atoms with Crippen LogP contribution in [0.3, 0.4) is 0 Å². The van der Waals surface area contributed by atoms with Gasteiger partial charge in [0.2, 0.25) is 5.91 Å². The molecule has 1 aromatic carbocycles. The number of para-hydroxylation sites is 1. The maximum Gasteiger partial charge on any atom is 0.224 e. The van der Waals surface area contributed by atoms with Crippen molar-refractivity contribution in [1.29, 1.82) is 0 Å². The van der Waals surface area contributed by atoms with E-state index in [1.54, 1.807) is 0 Å². The van der Waals surface area contributed by atoms with Gasteiger partial charge in [0.1, 0.15) is 0 Å². The molecule has 0 saturated carbocycles. The van der Waals surface area contributed by atoms with Crippen molar-refractivity contribution in [3.05, 3.63) is 47.8 Å². The minimum Gasteiger partial charge on any atom is -0.378 e. The van der Waals surface area contributed by atoms with Crippen molar-refractivity contribution in [2.75, 3.05) is 26.3 Å². The topological polar surface area (TPSA) is 59.4 Å². The number of nitrogens with zero attached hydrogens (tertiary/aromatic N) is 3. The molecule has 2 aliphatic rings. The van der Waals surface area contributed by atoms with Crippen molar-refractivity contribution >= 4 is 18.3 Å². The number of amides is 1. The fourth-order valence-corrected chi connectivity index (χ4v) is 3.43.